The molecule has 1 saturated heterocycles. The zero-order valence-corrected chi connectivity index (χ0v) is 16.4. The smallest absolute Gasteiger partial charge is 0.255 e. The van der Waals surface area contributed by atoms with E-state index in [0.717, 1.165) is 16.7 Å². The van der Waals surface area contributed by atoms with E-state index in [1.54, 1.807) is 6.20 Å². The maximum atomic E-state index is 13.0. The Balaban J connectivity index is 1.62. The van der Waals surface area contributed by atoms with E-state index in [-0.39, 0.29) is 17.9 Å². The average Bonchev–Trinajstić information content (AvgIpc) is 3.15. The SMILES string of the molecule is Cc1ccc(-c2nn(Cc3ccccc3)cc2C(=O)NC2CCC(=O)NC2)cc1. The van der Waals surface area contributed by atoms with Gasteiger partial charge in [-0.05, 0) is 18.9 Å². The highest BCUT2D eigenvalue weighted by atomic mass is 16.2. The number of carbonyl (C=O) groups excluding carboxylic acids is 2. The van der Waals surface area contributed by atoms with Crippen LogP contribution in [0.15, 0.2) is 60.8 Å². The van der Waals surface area contributed by atoms with Gasteiger partial charge in [0.1, 0.15) is 5.69 Å². The summed E-state index contributed by atoms with van der Waals surface area (Å²) in [5.74, 6) is -0.132. The normalized spacial score (nSPS) is 16.3. The maximum Gasteiger partial charge on any atom is 0.255 e. The maximum absolute atomic E-state index is 13.0. The summed E-state index contributed by atoms with van der Waals surface area (Å²) in [5, 5.41) is 10.6. The van der Waals surface area contributed by atoms with Gasteiger partial charge in [-0.25, -0.2) is 0 Å². The number of nitrogens with one attached hydrogen (secondary N) is 2. The quantitative estimate of drug-likeness (QED) is 0.706. The first-order chi connectivity index (χ1) is 14.1. The Morgan fingerprint density at radius 3 is 2.62 bits per heavy atom. The summed E-state index contributed by atoms with van der Waals surface area (Å²) in [6, 6.07) is 18.0. The molecule has 2 amide bonds. The number of benzene rings is 2. The van der Waals surface area contributed by atoms with Gasteiger partial charge in [-0.2, -0.15) is 5.10 Å². The topological polar surface area (TPSA) is 76.0 Å². The second kappa shape index (κ2) is 8.31. The van der Waals surface area contributed by atoms with Gasteiger partial charge in [-0.15, -0.1) is 0 Å². The molecular formula is C23H24N4O2. The van der Waals surface area contributed by atoms with Crippen molar-refractivity contribution < 1.29 is 9.59 Å². The van der Waals surface area contributed by atoms with E-state index in [2.05, 4.69) is 10.6 Å². The molecule has 1 aliphatic rings. The van der Waals surface area contributed by atoms with E-state index in [9.17, 15) is 9.59 Å². The average molecular weight is 388 g/mol. The molecule has 0 aliphatic carbocycles. The number of amides is 2. The van der Waals surface area contributed by atoms with Crippen LogP contribution in [0.3, 0.4) is 0 Å². The van der Waals surface area contributed by atoms with E-state index in [4.69, 9.17) is 5.10 Å². The molecule has 1 fully saturated rings. The van der Waals surface area contributed by atoms with E-state index in [0.29, 0.717) is 37.2 Å². The summed E-state index contributed by atoms with van der Waals surface area (Å²) in [7, 11) is 0. The Labute approximate surface area is 169 Å². The van der Waals surface area contributed by atoms with Gasteiger partial charge in [0.2, 0.25) is 5.91 Å². The minimum absolute atomic E-state index is 0.0338. The van der Waals surface area contributed by atoms with Crippen LogP contribution in [-0.4, -0.2) is 34.2 Å². The highest BCUT2D eigenvalue weighted by Gasteiger charge is 2.23. The lowest BCUT2D eigenvalue weighted by Crippen LogP contribution is -2.47. The summed E-state index contributed by atoms with van der Waals surface area (Å²) >= 11 is 0. The summed E-state index contributed by atoms with van der Waals surface area (Å²) in [6.07, 6.45) is 2.89. The first-order valence-corrected chi connectivity index (χ1v) is 9.84. The Hall–Kier alpha value is -3.41. The highest BCUT2D eigenvalue weighted by Crippen LogP contribution is 2.23. The number of rotatable bonds is 5. The molecule has 6 heteroatoms. The third kappa shape index (κ3) is 4.54. The molecule has 2 heterocycles. The molecule has 0 bridgehead atoms. The molecule has 29 heavy (non-hydrogen) atoms. The van der Waals surface area contributed by atoms with Crippen LogP contribution >= 0.6 is 0 Å². The monoisotopic (exact) mass is 388 g/mol. The lowest BCUT2D eigenvalue weighted by molar-refractivity contribution is -0.122. The lowest BCUT2D eigenvalue weighted by Gasteiger charge is -2.23. The van der Waals surface area contributed by atoms with Gasteiger partial charge in [-0.1, -0.05) is 60.2 Å². The number of hydrogen-bond acceptors (Lipinski definition) is 3. The second-order valence-electron chi connectivity index (χ2n) is 7.45. The molecule has 1 aromatic heterocycles. The number of aromatic nitrogens is 2. The molecule has 0 spiro atoms. The van der Waals surface area contributed by atoms with Gasteiger partial charge in [0.25, 0.3) is 5.91 Å². The van der Waals surface area contributed by atoms with Gasteiger partial charge < -0.3 is 10.6 Å². The fourth-order valence-corrected chi connectivity index (χ4v) is 3.48. The minimum atomic E-state index is -0.166. The van der Waals surface area contributed by atoms with Crippen molar-refractivity contribution in [3.63, 3.8) is 0 Å². The molecule has 148 valence electrons. The molecule has 1 atom stereocenters. The van der Waals surface area contributed by atoms with E-state index < -0.39 is 0 Å². The number of carbonyl (C=O) groups is 2. The predicted octanol–water partition coefficient (Wildman–Crippen LogP) is 2.92. The molecule has 3 aromatic rings. The molecule has 4 rings (SSSR count). The van der Waals surface area contributed by atoms with Crippen molar-refractivity contribution in [2.24, 2.45) is 0 Å². The van der Waals surface area contributed by atoms with Crippen LogP contribution < -0.4 is 10.6 Å². The predicted molar refractivity (Wildman–Crippen MR) is 111 cm³/mol. The van der Waals surface area contributed by atoms with Crippen LogP contribution in [0.5, 0.6) is 0 Å². The molecule has 1 aliphatic heterocycles. The van der Waals surface area contributed by atoms with E-state index in [1.165, 1.54) is 0 Å². The molecule has 2 N–H and O–H groups in total. The van der Waals surface area contributed by atoms with Crippen molar-refractivity contribution in [1.82, 2.24) is 20.4 Å². The Morgan fingerprint density at radius 2 is 1.93 bits per heavy atom. The Kier molecular flexibility index (Phi) is 5.42. The fraction of sp³-hybridized carbons (Fsp3) is 0.261. The second-order valence-corrected chi connectivity index (χ2v) is 7.45. The first-order valence-electron chi connectivity index (χ1n) is 9.84. The van der Waals surface area contributed by atoms with Gasteiger partial charge >= 0.3 is 0 Å². The van der Waals surface area contributed by atoms with Crippen molar-refractivity contribution >= 4 is 11.8 Å². The summed E-state index contributed by atoms with van der Waals surface area (Å²) in [6.45, 7) is 3.08. The third-order valence-corrected chi connectivity index (χ3v) is 5.12. The lowest BCUT2D eigenvalue weighted by atomic mass is 10.0. The van der Waals surface area contributed by atoms with Crippen molar-refractivity contribution in [1.29, 1.82) is 0 Å². The number of nitrogens with zero attached hydrogens (tertiary/aromatic N) is 2. The van der Waals surface area contributed by atoms with E-state index in [1.807, 2.05) is 66.2 Å². The summed E-state index contributed by atoms with van der Waals surface area (Å²) in [4.78, 5) is 24.4. The molecule has 2 aromatic carbocycles. The number of aryl methyl sites for hydroxylation is 1. The molecule has 0 radical (unpaired) electrons. The fourth-order valence-electron chi connectivity index (χ4n) is 3.48. The Bertz CT molecular complexity index is 999. The number of piperidine rings is 1. The summed E-state index contributed by atoms with van der Waals surface area (Å²) < 4.78 is 1.81. The van der Waals surface area contributed by atoms with Crippen LogP contribution in [0.2, 0.25) is 0 Å². The van der Waals surface area contributed by atoms with E-state index >= 15 is 0 Å². The van der Waals surface area contributed by atoms with Gasteiger partial charge in [0.05, 0.1) is 12.1 Å². The van der Waals surface area contributed by atoms with Crippen molar-refractivity contribution in [2.45, 2.75) is 32.4 Å². The van der Waals surface area contributed by atoms with Crippen molar-refractivity contribution in [2.75, 3.05) is 6.54 Å². The summed E-state index contributed by atoms with van der Waals surface area (Å²) in [5.41, 5.74) is 4.39. The minimum Gasteiger partial charge on any atom is -0.354 e. The zero-order valence-electron chi connectivity index (χ0n) is 16.4. The van der Waals surface area contributed by atoms with Crippen molar-refractivity contribution in [3.8, 4) is 11.3 Å². The van der Waals surface area contributed by atoms with Gasteiger partial charge in [0.15, 0.2) is 0 Å². The van der Waals surface area contributed by atoms with Crippen molar-refractivity contribution in [3.05, 3.63) is 77.5 Å². The molecule has 0 saturated carbocycles. The standard InChI is InChI=1S/C23H24N4O2/c1-16-7-9-18(10-8-16)22-20(23(29)25-19-11-12-21(28)24-13-19)15-27(26-22)14-17-5-3-2-4-6-17/h2-10,15,19H,11-14H2,1H3,(H,24,28)(H,25,29). The van der Waals surface area contributed by atoms with Crippen LogP contribution in [-0.2, 0) is 11.3 Å². The Morgan fingerprint density at radius 1 is 1.17 bits per heavy atom. The first kappa shape index (κ1) is 18.9. The molecule has 6 nitrogen and oxygen atoms in total. The largest absolute Gasteiger partial charge is 0.354 e. The molecule has 1 unspecified atom stereocenters. The zero-order chi connectivity index (χ0) is 20.2. The van der Waals surface area contributed by atoms with Crippen LogP contribution in [0.1, 0.15) is 34.3 Å². The highest BCUT2D eigenvalue weighted by molar-refractivity contribution is 6.00. The third-order valence-electron chi connectivity index (χ3n) is 5.12. The number of hydrogen-bond donors (Lipinski definition) is 2. The van der Waals surface area contributed by atoms with Crippen LogP contribution in [0, 0.1) is 6.92 Å². The van der Waals surface area contributed by atoms with Crippen LogP contribution in [0.4, 0.5) is 0 Å². The molecular weight excluding hydrogens is 364 g/mol. The van der Waals surface area contributed by atoms with Crippen LogP contribution in [0.25, 0.3) is 11.3 Å². The van der Waals surface area contributed by atoms with Gasteiger partial charge in [0, 0.05) is 30.8 Å². The van der Waals surface area contributed by atoms with Gasteiger partial charge in [-0.3, -0.25) is 14.3 Å².